The first-order valence-electron chi connectivity index (χ1n) is 4.72. The molecule has 2 atom stereocenters. The molecule has 0 aromatic heterocycles. The van der Waals surface area contributed by atoms with Gasteiger partial charge in [0.2, 0.25) is 0 Å². The summed E-state index contributed by atoms with van der Waals surface area (Å²) in [5.74, 6) is 0.605. The third-order valence-electron chi connectivity index (χ3n) is 2.57. The van der Waals surface area contributed by atoms with Crippen LogP contribution in [0.25, 0.3) is 0 Å². The summed E-state index contributed by atoms with van der Waals surface area (Å²) >= 11 is 0. The standard InChI is InChI=1S/C9H12N4O/c10-4-7-5-13(6-8(7)14)9-2-1-3-11-12-9/h3,7-8,14H,1-2,5-6H2. The molecule has 0 radical (unpaired) electrons. The molecule has 14 heavy (non-hydrogen) atoms. The van der Waals surface area contributed by atoms with Gasteiger partial charge in [-0.15, -0.1) is 5.10 Å². The van der Waals surface area contributed by atoms with Crippen LogP contribution in [0.3, 0.4) is 0 Å². The van der Waals surface area contributed by atoms with Gasteiger partial charge in [-0.25, -0.2) is 0 Å². The van der Waals surface area contributed by atoms with E-state index in [1.807, 2.05) is 4.90 Å². The van der Waals surface area contributed by atoms with Crippen LogP contribution in [0.4, 0.5) is 0 Å². The van der Waals surface area contributed by atoms with Crippen molar-refractivity contribution in [2.24, 2.45) is 16.1 Å². The molecular formula is C9H12N4O. The van der Waals surface area contributed by atoms with Crippen LogP contribution in [0, 0.1) is 17.2 Å². The Morgan fingerprint density at radius 2 is 2.43 bits per heavy atom. The third-order valence-corrected chi connectivity index (χ3v) is 2.57. The molecule has 0 amide bonds. The van der Waals surface area contributed by atoms with Crippen molar-refractivity contribution in [1.29, 1.82) is 5.26 Å². The van der Waals surface area contributed by atoms with Gasteiger partial charge >= 0.3 is 0 Å². The maximum Gasteiger partial charge on any atom is 0.128 e. The quantitative estimate of drug-likeness (QED) is 0.586. The minimum Gasteiger partial charge on any atom is -0.390 e. The van der Waals surface area contributed by atoms with Gasteiger partial charge in [-0.05, 0) is 6.42 Å². The van der Waals surface area contributed by atoms with Gasteiger partial charge in [0.1, 0.15) is 5.84 Å². The van der Waals surface area contributed by atoms with Gasteiger partial charge in [-0.3, -0.25) is 0 Å². The van der Waals surface area contributed by atoms with Gasteiger partial charge in [-0.2, -0.15) is 10.4 Å². The Labute approximate surface area is 82.4 Å². The number of nitriles is 1. The summed E-state index contributed by atoms with van der Waals surface area (Å²) in [7, 11) is 0. The Kier molecular flexibility index (Phi) is 2.46. The summed E-state index contributed by atoms with van der Waals surface area (Å²) in [5.41, 5.74) is 0. The molecule has 2 heterocycles. The molecular weight excluding hydrogens is 180 g/mol. The number of likely N-dealkylation sites (tertiary alicyclic amines) is 1. The molecule has 2 aliphatic rings. The maximum absolute atomic E-state index is 9.53. The van der Waals surface area contributed by atoms with Crippen molar-refractivity contribution < 1.29 is 5.11 Å². The summed E-state index contributed by atoms with van der Waals surface area (Å²) in [6.45, 7) is 1.08. The van der Waals surface area contributed by atoms with Gasteiger partial charge in [0.25, 0.3) is 0 Å². The zero-order chi connectivity index (χ0) is 9.97. The molecule has 0 aliphatic carbocycles. The summed E-state index contributed by atoms with van der Waals surface area (Å²) < 4.78 is 0. The van der Waals surface area contributed by atoms with Crippen molar-refractivity contribution in [1.82, 2.24) is 4.90 Å². The lowest BCUT2D eigenvalue weighted by Crippen LogP contribution is -2.30. The van der Waals surface area contributed by atoms with Crippen molar-refractivity contribution in [3.63, 3.8) is 0 Å². The number of nitrogens with zero attached hydrogens (tertiary/aromatic N) is 4. The first kappa shape index (κ1) is 9.16. The average Bonchev–Trinajstić information content (AvgIpc) is 2.61. The van der Waals surface area contributed by atoms with Gasteiger partial charge in [-0.1, -0.05) is 0 Å². The highest BCUT2D eigenvalue weighted by Gasteiger charge is 2.33. The van der Waals surface area contributed by atoms with Gasteiger partial charge in [0.05, 0.1) is 18.1 Å². The monoisotopic (exact) mass is 192 g/mol. The van der Waals surface area contributed by atoms with Crippen LogP contribution in [0.15, 0.2) is 10.2 Å². The van der Waals surface area contributed by atoms with E-state index in [2.05, 4.69) is 16.3 Å². The number of hydrogen-bond acceptors (Lipinski definition) is 5. The summed E-state index contributed by atoms with van der Waals surface area (Å²) in [4.78, 5) is 1.95. The number of aliphatic hydroxyl groups is 1. The SMILES string of the molecule is N#CC1CN(C2=NN=CCC2)CC1O. The predicted octanol–water partition coefficient (Wildman–Crippen LogP) is -0.0192. The Morgan fingerprint density at radius 3 is 3.00 bits per heavy atom. The van der Waals surface area contributed by atoms with Crippen molar-refractivity contribution in [2.75, 3.05) is 13.1 Å². The van der Waals surface area contributed by atoms with E-state index in [4.69, 9.17) is 5.26 Å². The van der Waals surface area contributed by atoms with Crippen molar-refractivity contribution in [3.8, 4) is 6.07 Å². The molecule has 0 bridgehead atoms. The van der Waals surface area contributed by atoms with Crippen molar-refractivity contribution >= 4 is 12.1 Å². The number of aliphatic hydroxyl groups excluding tert-OH is 1. The zero-order valence-electron chi connectivity index (χ0n) is 7.80. The first-order valence-corrected chi connectivity index (χ1v) is 4.72. The van der Waals surface area contributed by atoms with Crippen LogP contribution in [-0.4, -0.2) is 41.3 Å². The summed E-state index contributed by atoms with van der Waals surface area (Å²) in [5, 5.41) is 26.1. The van der Waals surface area contributed by atoms with E-state index in [-0.39, 0.29) is 5.92 Å². The molecule has 2 rings (SSSR count). The lowest BCUT2D eigenvalue weighted by atomic mass is 10.1. The molecule has 0 aromatic carbocycles. The highest BCUT2D eigenvalue weighted by atomic mass is 16.3. The minimum absolute atomic E-state index is 0.288. The zero-order valence-corrected chi connectivity index (χ0v) is 7.80. The Bertz CT molecular complexity index is 317. The maximum atomic E-state index is 9.53. The van der Waals surface area contributed by atoms with Crippen molar-refractivity contribution in [2.45, 2.75) is 18.9 Å². The van der Waals surface area contributed by atoms with Gasteiger partial charge in [0, 0.05) is 25.7 Å². The normalized spacial score (nSPS) is 31.4. The molecule has 5 heteroatoms. The van der Waals surface area contributed by atoms with E-state index in [0.29, 0.717) is 13.1 Å². The molecule has 74 valence electrons. The highest BCUT2D eigenvalue weighted by Crippen LogP contribution is 2.18. The molecule has 0 saturated carbocycles. The molecule has 0 spiro atoms. The van der Waals surface area contributed by atoms with Gasteiger partial charge in [0.15, 0.2) is 0 Å². The number of β-amino-alcohol motifs (C(OH)–C–C–N with tert-alkyl or cyclic N) is 1. The third kappa shape index (κ3) is 1.61. The van der Waals surface area contributed by atoms with E-state index in [9.17, 15) is 5.11 Å². The van der Waals surface area contributed by atoms with Crippen LogP contribution in [0.1, 0.15) is 12.8 Å². The van der Waals surface area contributed by atoms with E-state index in [1.54, 1.807) is 6.21 Å². The fraction of sp³-hybridized carbons (Fsp3) is 0.667. The fourth-order valence-electron chi connectivity index (χ4n) is 1.75. The van der Waals surface area contributed by atoms with Gasteiger partial charge < -0.3 is 10.0 Å². The van der Waals surface area contributed by atoms with Crippen LogP contribution in [0.2, 0.25) is 0 Å². The Morgan fingerprint density at radius 1 is 1.57 bits per heavy atom. The molecule has 1 N–H and O–H groups in total. The predicted molar refractivity (Wildman–Crippen MR) is 51.8 cm³/mol. The second-order valence-corrected chi connectivity index (χ2v) is 3.56. The molecule has 5 nitrogen and oxygen atoms in total. The lowest BCUT2D eigenvalue weighted by molar-refractivity contribution is 0.165. The first-order chi connectivity index (χ1) is 6.81. The number of hydrogen-bond donors (Lipinski definition) is 1. The lowest BCUT2D eigenvalue weighted by Gasteiger charge is -2.19. The minimum atomic E-state index is -0.548. The summed E-state index contributed by atoms with van der Waals surface area (Å²) in [6, 6.07) is 2.10. The van der Waals surface area contributed by atoms with E-state index < -0.39 is 6.10 Å². The molecule has 1 saturated heterocycles. The number of rotatable bonds is 0. The molecule has 0 aromatic rings. The average molecular weight is 192 g/mol. The van der Waals surface area contributed by atoms with Crippen LogP contribution >= 0.6 is 0 Å². The van der Waals surface area contributed by atoms with Crippen LogP contribution in [-0.2, 0) is 0 Å². The molecule has 1 fully saturated rings. The van der Waals surface area contributed by atoms with E-state index in [0.717, 1.165) is 18.7 Å². The van der Waals surface area contributed by atoms with E-state index in [1.165, 1.54) is 0 Å². The Hall–Kier alpha value is -1.41. The molecule has 2 unspecified atom stereocenters. The highest BCUT2D eigenvalue weighted by molar-refractivity contribution is 5.86. The fourth-order valence-corrected chi connectivity index (χ4v) is 1.75. The number of amidine groups is 1. The smallest absolute Gasteiger partial charge is 0.128 e. The van der Waals surface area contributed by atoms with Crippen LogP contribution in [0.5, 0.6) is 0 Å². The largest absolute Gasteiger partial charge is 0.390 e. The second kappa shape index (κ2) is 3.76. The molecule has 2 aliphatic heterocycles. The second-order valence-electron chi connectivity index (χ2n) is 3.56. The topological polar surface area (TPSA) is 72.0 Å². The van der Waals surface area contributed by atoms with Crippen molar-refractivity contribution in [3.05, 3.63) is 0 Å². The van der Waals surface area contributed by atoms with Crippen LogP contribution < -0.4 is 0 Å². The summed E-state index contributed by atoms with van der Waals surface area (Å²) in [6.07, 6.45) is 2.98. The van der Waals surface area contributed by atoms with E-state index >= 15 is 0 Å². The Balaban J connectivity index is 2.05.